The quantitative estimate of drug-likeness (QED) is 0.540. The average Bonchev–Trinajstić information content (AvgIpc) is 3.16. The molecule has 2 aromatic rings. The molecule has 1 atom stereocenters. The van der Waals surface area contributed by atoms with Crippen LogP contribution >= 0.6 is 0 Å². The summed E-state index contributed by atoms with van der Waals surface area (Å²) >= 11 is 0. The van der Waals surface area contributed by atoms with Crippen molar-refractivity contribution in [3.63, 3.8) is 0 Å². The molecule has 37 heavy (non-hydrogen) atoms. The first kappa shape index (κ1) is 26.8. The molecule has 0 aliphatic carbocycles. The molecule has 2 aromatic carbocycles. The van der Waals surface area contributed by atoms with Crippen molar-refractivity contribution in [2.24, 2.45) is 0 Å². The summed E-state index contributed by atoms with van der Waals surface area (Å²) in [5, 5.41) is 6.34. The van der Waals surface area contributed by atoms with Crippen LogP contribution in [0.25, 0.3) is 0 Å². The maximum Gasteiger partial charge on any atom is 0.408 e. The number of carbonyl (C=O) groups is 2. The van der Waals surface area contributed by atoms with Crippen molar-refractivity contribution < 1.29 is 19.1 Å². The second-order valence-electron chi connectivity index (χ2n) is 11.2. The number of amides is 3. The number of methoxy groups -OCH3 is 1. The Morgan fingerprint density at radius 2 is 1.76 bits per heavy atom. The number of piperidine rings is 1. The lowest BCUT2D eigenvalue weighted by Gasteiger charge is -2.39. The Morgan fingerprint density at radius 1 is 1.08 bits per heavy atom. The van der Waals surface area contributed by atoms with E-state index < -0.39 is 11.7 Å². The average molecular weight is 509 g/mol. The third kappa shape index (κ3) is 7.38. The molecule has 0 radical (unpaired) electrons. The molecule has 4 rings (SSSR count). The third-order valence-electron chi connectivity index (χ3n) is 7.13. The molecule has 8 heteroatoms. The van der Waals surface area contributed by atoms with Crippen LogP contribution in [0, 0.1) is 0 Å². The monoisotopic (exact) mass is 508 g/mol. The number of benzene rings is 2. The summed E-state index contributed by atoms with van der Waals surface area (Å²) in [6.07, 6.45) is 2.21. The van der Waals surface area contributed by atoms with Gasteiger partial charge in [-0.25, -0.2) is 9.59 Å². The van der Waals surface area contributed by atoms with Gasteiger partial charge in [-0.3, -0.25) is 0 Å². The van der Waals surface area contributed by atoms with Crippen molar-refractivity contribution in [1.29, 1.82) is 0 Å². The molecule has 0 saturated carbocycles. The first-order valence-electron chi connectivity index (χ1n) is 13.1. The van der Waals surface area contributed by atoms with Crippen LogP contribution in [0.1, 0.15) is 57.2 Å². The van der Waals surface area contributed by atoms with Gasteiger partial charge in [-0.1, -0.05) is 42.5 Å². The molecular formula is C29H40N4O4. The smallest absolute Gasteiger partial charge is 0.408 e. The number of likely N-dealkylation sites (tertiary alicyclic amines) is 1. The standard InChI is InChI=1S/C29H40N4O4/c1-28(2,3)37-27(35)30-25(23-8-6-5-7-9-23)14-17-32-18-15-29(16-19-32)21-33(26(34)31-29)20-22-10-12-24(36-4)13-11-22/h5-13,25H,14-21H2,1-4H3,(H,30,35)(H,31,34)/t25-/m0/s1. The second kappa shape index (κ2) is 11.4. The number of hydrogen-bond acceptors (Lipinski definition) is 5. The molecule has 2 aliphatic heterocycles. The van der Waals surface area contributed by atoms with Gasteiger partial charge >= 0.3 is 12.1 Å². The Bertz CT molecular complexity index is 1040. The zero-order valence-corrected chi connectivity index (χ0v) is 22.5. The Labute approximate surface area is 220 Å². The van der Waals surface area contributed by atoms with Crippen molar-refractivity contribution >= 4 is 12.1 Å². The van der Waals surface area contributed by atoms with Crippen molar-refractivity contribution in [1.82, 2.24) is 20.4 Å². The van der Waals surface area contributed by atoms with Gasteiger partial charge in [0.2, 0.25) is 0 Å². The molecule has 3 amide bonds. The van der Waals surface area contributed by atoms with Gasteiger partial charge in [0.15, 0.2) is 0 Å². The van der Waals surface area contributed by atoms with Gasteiger partial charge in [-0.05, 0) is 63.3 Å². The van der Waals surface area contributed by atoms with Gasteiger partial charge in [-0.15, -0.1) is 0 Å². The zero-order chi connectivity index (χ0) is 26.5. The maximum atomic E-state index is 12.8. The summed E-state index contributed by atoms with van der Waals surface area (Å²) < 4.78 is 10.7. The summed E-state index contributed by atoms with van der Waals surface area (Å²) in [6.45, 7) is 9.59. The van der Waals surface area contributed by atoms with Crippen LogP contribution in [0.5, 0.6) is 5.75 Å². The molecule has 2 heterocycles. The number of hydrogen-bond donors (Lipinski definition) is 2. The third-order valence-corrected chi connectivity index (χ3v) is 7.13. The summed E-state index contributed by atoms with van der Waals surface area (Å²) in [4.78, 5) is 29.6. The lowest BCUT2D eigenvalue weighted by atomic mass is 9.88. The first-order chi connectivity index (χ1) is 17.6. The lowest BCUT2D eigenvalue weighted by molar-refractivity contribution is 0.0495. The molecule has 8 nitrogen and oxygen atoms in total. The Kier molecular flexibility index (Phi) is 8.27. The van der Waals surface area contributed by atoms with Crippen molar-refractivity contribution in [2.45, 2.75) is 63.8 Å². The molecule has 0 aromatic heterocycles. The molecule has 0 unspecified atom stereocenters. The van der Waals surface area contributed by atoms with E-state index in [1.807, 2.05) is 80.3 Å². The zero-order valence-electron chi connectivity index (χ0n) is 22.5. The van der Waals surface area contributed by atoms with Gasteiger partial charge in [0.05, 0.1) is 18.7 Å². The highest BCUT2D eigenvalue weighted by atomic mass is 16.6. The van der Waals surface area contributed by atoms with Crippen LogP contribution in [-0.4, -0.2) is 66.4 Å². The number of rotatable bonds is 8. The molecular weight excluding hydrogens is 468 g/mol. The fourth-order valence-corrected chi connectivity index (χ4v) is 5.12. The fraction of sp³-hybridized carbons (Fsp3) is 0.517. The predicted octanol–water partition coefficient (Wildman–Crippen LogP) is 4.71. The largest absolute Gasteiger partial charge is 0.497 e. The summed E-state index contributed by atoms with van der Waals surface area (Å²) in [5.41, 5.74) is 1.45. The van der Waals surface area contributed by atoms with Gasteiger partial charge in [0.25, 0.3) is 0 Å². The molecule has 2 N–H and O–H groups in total. The van der Waals surface area contributed by atoms with Crippen molar-refractivity contribution in [2.75, 3.05) is 33.3 Å². The Hall–Kier alpha value is -3.26. The normalized spacial score (nSPS) is 18.4. The summed E-state index contributed by atoms with van der Waals surface area (Å²) in [6, 6.07) is 17.8. The highest BCUT2D eigenvalue weighted by molar-refractivity contribution is 5.78. The Balaban J connectivity index is 1.29. The molecule has 200 valence electrons. The number of ether oxygens (including phenoxy) is 2. The second-order valence-corrected chi connectivity index (χ2v) is 11.2. The van der Waals surface area contributed by atoms with E-state index in [2.05, 4.69) is 15.5 Å². The molecule has 0 bridgehead atoms. The van der Waals surface area contributed by atoms with Crippen molar-refractivity contribution in [3.8, 4) is 5.75 Å². The number of carbonyl (C=O) groups excluding carboxylic acids is 2. The van der Waals surface area contributed by atoms with Crippen LogP contribution in [0.3, 0.4) is 0 Å². The van der Waals surface area contributed by atoms with E-state index in [-0.39, 0.29) is 17.6 Å². The van der Waals surface area contributed by atoms with E-state index in [0.29, 0.717) is 6.54 Å². The van der Waals surface area contributed by atoms with Crippen LogP contribution in [0.2, 0.25) is 0 Å². The molecule has 2 fully saturated rings. The molecule has 1 spiro atoms. The summed E-state index contributed by atoms with van der Waals surface area (Å²) in [7, 11) is 1.65. The number of alkyl carbamates (subject to hydrolysis) is 1. The highest BCUT2D eigenvalue weighted by Gasteiger charge is 2.44. The maximum absolute atomic E-state index is 12.8. The van der Waals surface area contributed by atoms with Gasteiger partial charge in [-0.2, -0.15) is 0 Å². The van der Waals surface area contributed by atoms with Crippen LogP contribution < -0.4 is 15.4 Å². The molecule has 2 saturated heterocycles. The lowest BCUT2D eigenvalue weighted by Crippen LogP contribution is -2.52. The summed E-state index contributed by atoms with van der Waals surface area (Å²) in [5.74, 6) is 0.814. The minimum absolute atomic E-state index is 0.00923. The predicted molar refractivity (Wildman–Crippen MR) is 144 cm³/mol. The van der Waals surface area contributed by atoms with E-state index in [0.717, 1.165) is 62.3 Å². The number of nitrogens with one attached hydrogen (secondary N) is 2. The first-order valence-corrected chi connectivity index (χ1v) is 13.1. The molecule has 2 aliphatic rings. The van der Waals surface area contributed by atoms with Gasteiger partial charge in [0.1, 0.15) is 11.4 Å². The van der Waals surface area contributed by atoms with Crippen LogP contribution in [0.15, 0.2) is 54.6 Å². The highest BCUT2D eigenvalue weighted by Crippen LogP contribution is 2.30. The van der Waals surface area contributed by atoms with E-state index in [9.17, 15) is 9.59 Å². The number of urea groups is 1. The fourth-order valence-electron chi connectivity index (χ4n) is 5.12. The van der Waals surface area contributed by atoms with E-state index in [1.165, 1.54) is 0 Å². The van der Waals surface area contributed by atoms with E-state index >= 15 is 0 Å². The SMILES string of the molecule is COc1ccc(CN2CC3(CCN(CC[C@H](NC(=O)OC(C)(C)C)c4ccccc4)CC3)NC2=O)cc1. The topological polar surface area (TPSA) is 83.1 Å². The van der Waals surface area contributed by atoms with Crippen molar-refractivity contribution in [3.05, 3.63) is 65.7 Å². The van der Waals surface area contributed by atoms with Gasteiger partial charge < -0.3 is 29.9 Å². The van der Waals surface area contributed by atoms with Crippen LogP contribution in [-0.2, 0) is 11.3 Å². The minimum Gasteiger partial charge on any atom is -0.497 e. The van der Waals surface area contributed by atoms with Gasteiger partial charge in [0, 0.05) is 32.7 Å². The van der Waals surface area contributed by atoms with E-state index in [4.69, 9.17) is 9.47 Å². The van der Waals surface area contributed by atoms with Crippen LogP contribution in [0.4, 0.5) is 9.59 Å². The minimum atomic E-state index is -0.542. The van der Waals surface area contributed by atoms with E-state index in [1.54, 1.807) is 7.11 Å². The number of nitrogens with zero attached hydrogens (tertiary/aromatic N) is 2. The Morgan fingerprint density at radius 3 is 2.38 bits per heavy atom.